The Kier molecular flexibility index (Phi) is 3.38. The Morgan fingerprint density at radius 2 is 1.79 bits per heavy atom. The summed E-state index contributed by atoms with van der Waals surface area (Å²) in [4.78, 5) is 12.5. The van der Waals surface area contributed by atoms with Gasteiger partial charge in [-0.15, -0.1) is 6.42 Å². The molecule has 7 atom stereocenters. The number of rotatable bonds is 0. The molecule has 0 bridgehead atoms. The van der Waals surface area contributed by atoms with Crippen LogP contribution in [-0.2, 0) is 4.79 Å². The molecule has 0 radical (unpaired) electrons. The predicted octanol–water partition coefficient (Wildman–Crippen LogP) is 4.35. The Labute approximate surface area is 146 Å². The molecule has 2 nitrogen and oxygen atoms in total. The molecule has 2 heteroatoms. The van der Waals surface area contributed by atoms with E-state index in [0.717, 1.165) is 44.9 Å². The first-order valence-corrected chi connectivity index (χ1v) is 9.91. The molecule has 24 heavy (non-hydrogen) atoms. The van der Waals surface area contributed by atoms with E-state index < -0.39 is 5.60 Å². The number of hydrogen-bond acceptors (Lipinski definition) is 2. The molecular formula is C22H32O2. The molecule has 0 aliphatic heterocycles. The molecule has 0 spiro atoms. The third kappa shape index (κ3) is 1.91. The van der Waals surface area contributed by atoms with Crippen molar-refractivity contribution >= 4 is 5.78 Å². The number of terminal acetylenes is 1. The molecule has 0 aromatic rings. The molecule has 1 N–H and O–H groups in total. The Hall–Kier alpha value is -0.810. The van der Waals surface area contributed by atoms with Crippen molar-refractivity contribution in [2.45, 2.75) is 84.2 Å². The topological polar surface area (TPSA) is 37.3 Å². The van der Waals surface area contributed by atoms with Gasteiger partial charge < -0.3 is 5.11 Å². The van der Waals surface area contributed by atoms with Gasteiger partial charge in [-0.05, 0) is 80.0 Å². The molecular weight excluding hydrogens is 296 g/mol. The van der Waals surface area contributed by atoms with E-state index in [0.29, 0.717) is 23.5 Å². The number of carbonyl (C=O) groups excluding carboxylic acids is 1. The maximum absolute atomic E-state index is 12.5. The average Bonchev–Trinajstić information content (AvgIpc) is 2.84. The van der Waals surface area contributed by atoms with E-state index >= 15 is 0 Å². The molecule has 4 saturated carbocycles. The van der Waals surface area contributed by atoms with Gasteiger partial charge in [0.1, 0.15) is 11.4 Å². The van der Waals surface area contributed by atoms with Gasteiger partial charge in [-0.2, -0.15) is 0 Å². The van der Waals surface area contributed by atoms with Gasteiger partial charge in [-0.3, -0.25) is 4.79 Å². The highest BCUT2D eigenvalue weighted by Gasteiger charge is 2.64. The zero-order valence-electron chi connectivity index (χ0n) is 15.5. The molecule has 0 amide bonds. The second kappa shape index (κ2) is 4.88. The predicted molar refractivity (Wildman–Crippen MR) is 95.1 cm³/mol. The number of ketones is 1. The first kappa shape index (κ1) is 16.6. The van der Waals surface area contributed by atoms with Gasteiger partial charge in [0.15, 0.2) is 0 Å². The summed E-state index contributed by atoms with van der Waals surface area (Å²) in [6.45, 7) is 7.09. The van der Waals surface area contributed by atoms with Crippen molar-refractivity contribution in [1.82, 2.24) is 0 Å². The van der Waals surface area contributed by atoms with Crippen LogP contribution in [0.3, 0.4) is 0 Å². The number of fused-ring (bicyclic) bond motifs is 5. The van der Waals surface area contributed by atoms with Crippen LogP contribution in [0, 0.1) is 46.3 Å². The smallest absolute Gasteiger partial charge is 0.139 e. The van der Waals surface area contributed by atoms with Crippen LogP contribution < -0.4 is 0 Å². The Balaban J connectivity index is 1.68. The van der Waals surface area contributed by atoms with Crippen LogP contribution in [0.25, 0.3) is 0 Å². The maximum Gasteiger partial charge on any atom is 0.139 e. The summed E-state index contributed by atoms with van der Waals surface area (Å²) in [6.07, 6.45) is 14.7. The molecule has 0 unspecified atom stereocenters. The normalized spacial score (nSPS) is 56.8. The second-order valence-electron chi connectivity index (χ2n) is 10.2. The average molecular weight is 328 g/mol. The van der Waals surface area contributed by atoms with E-state index in [1.54, 1.807) is 0 Å². The quantitative estimate of drug-likeness (QED) is 0.671. The SMILES string of the molecule is C#C[C@]1(O)CC[C@]2(C)[C@H]3CC[C@]4(C)C(=O)CC[C@H]4[C@@H]3CC[C@@]2(C)C1. The fraction of sp³-hybridized carbons (Fsp3) is 0.864. The van der Waals surface area contributed by atoms with Gasteiger partial charge in [0, 0.05) is 11.8 Å². The summed E-state index contributed by atoms with van der Waals surface area (Å²) >= 11 is 0. The van der Waals surface area contributed by atoms with Crippen LogP contribution in [0.4, 0.5) is 0 Å². The van der Waals surface area contributed by atoms with Gasteiger partial charge in [-0.1, -0.05) is 26.7 Å². The summed E-state index contributed by atoms with van der Waals surface area (Å²) < 4.78 is 0. The fourth-order valence-electron chi connectivity index (χ4n) is 7.57. The molecule has 0 heterocycles. The third-order valence-corrected chi connectivity index (χ3v) is 9.38. The van der Waals surface area contributed by atoms with Crippen LogP contribution in [0.2, 0.25) is 0 Å². The minimum absolute atomic E-state index is 0.0422. The second-order valence-corrected chi connectivity index (χ2v) is 10.2. The third-order valence-electron chi connectivity index (χ3n) is 9.38. The number of aliphatic hydroxyl groups is 1. The summed E-state index contributed by atoms with van der Waals surface area (Å²) in [5.41, 5.74) is -0.567. The van der Waals surface area contributed by atoms with Crippen LogP contribution >= 0.6 is 0 Å². The molecule has 4 rings (SSSR count). The highest BCUT2D eigenvalue weighted by atomic mass is 16.3. The van der Waals surface area contributed by atoms with Crippen LogP contribution in [0.15, 0.2) is 0 Å². The monoisotopic (exact) mass is 328 g/mol. The van der Waals surface area contributed by atoms with Crippen molar-refractivity contribution in [3.8, 4) is 12.3 Å². The van der Waals surface area contributed by atoms with E-state index in [1.165, 1.54) is 12.8 Å². The molecule has 0 aromatic carbocycles. The Bertz CT molecular complexity index is 618. The van der Waals surface area contributed by atoms with Gasteiger partial charge in [0.05, 0.1) is 0 Å². The van der Waals surface area contributed by atoms with Crippen molar-refractivity contribution in [3.63, 3.8) is 0 Å². The molecule has 4 aliphatic carbocycles. The highest BCUT2D eigenvalue weighted by Crippen LogP contribution is 2.70. The molecule has 4 aliphatic rings. The first-order valence-electron chi connectivity index (χ1n) is 9.91. The van der Waals surface area contributed by atoms with Gasteiger partial charge in [0.2, 0.25) is 0 Å². The Morgan fingerprint density at radius 1 is 1.04 bits per heavy atom. The van der Waals surface area contributed by atoms with Crippen molar-refractivity contribution in [2.24, 2.45) is 34.0 Å². The minimum Gasteiger partial charge on any atom is -0.378 e. The highest BCUT2D eigenvalue weighted by molar-refractivity contribution is 5.87. The zero-order valence-corrected chi connectivity index (χ0v) is 15.5. The van der Waals surface area contributed by atoms with E-state index in [4.69, 9.17) is 6.42 Å². The van der Waals surface area contributed by atoms with E-state index in [2.05, 4.69) is 26.7 Å². The number of hydrogen-bond donors (Lipinski definition) is 1. The maximum atomic E-state index is 12.5. The van der Waals surface area contributed by atoms with E-state index in [9.17, 15) is 9.90 Å². The molecule has 0 aromatic heterocycles. The lowest BCUT2D eigenvalue weighted by Gasteiger charge is -2.65. The summed E-state index contributed by atoms with van der Waals surface area (Å²) in [7, 11) is 0. The summed E-state index contributed by atoms with van der Waals surface area (Å²) in [6, 6.07) is 0. The lowest BCUT2D eigenvalue weighted by molar-refractivity contribution is -0.179. The van der Waals surface area contributed by atoms with Gasteiger partial charge in [-0.25, -0.2) is 0 Å². The number of carbonyl (C=O) groups is 1. The zero-order chi connectivity index (χ0) is 17.4. The standard InChI is InChI=1S/C22H32O2/c1-5-22(24)13-12-21(4)17-9-11-20(3)16(6-7-18(20)23)15(17)8-10-19(21,2)14-22/h1,15-17,24H,6-14H2,2-4H3/t15-,16-,17-,19-,20-,21+,22-/m0/s1. The molecule has 132 valence electrons. The van der Waals surface area contributed by atoms with Crippen LogP contribution in [-0.4, -0.2) is 16.5 Å². The molecule has 0 saturated heterocycles. The van der Waals surface area contributed by atoms with Crippen molar-refractivity contribution in [2.75, 3.05) is 0 Å². The van der Waals surface area contributed by atoms with Crippen molar-refractivity contribution in [3.05, 3.63) is 0 Å². The summed E-state index contributed by atoms with van der Waals surface area (Å²) in [5, 5.41) is 10.7. The fourth-order valence-corrected chi connectivity index (χ4v) is 7.57. The summed E-state index contributed by atoms with van der Waals surface area (Å²) in [5.74, 6) is 5.20. The van der Waals surface area contributed by atoms with Crippen molar-refractivity contribution < 1.29 is 9.90 Å². The minimum atomic E-state index is -0.909. The lowest BCUT2D eigenvalue weighted by Crippen LogP contribution is -2.60. The van der Waals surface area contributed by atoms with Gasteiger partial charge in [0.25, 0.3) is 0 Å². The first-order chi connectivity index (χ1) is 11.2. The van der Waals surface area contributed by atoms with E-state index in [-0.39, 0.29) is 16.2 Å². The lowest BCUT2D eigenvalue weighted by atomic mass is 9.39. The molecule has 4 fully saturated rings. The largest absolute Gasteiger partial charge is 0.378 e. The van der Waals surface area contributed by atoms with E-state index in [1.807, 2.05) is 0 Å². The van der Waals surface area contributed by atoms with Crippen molar-refractivity contribution in [1.29, 1.82) is 0 Å². The van der Waals surface area contributed by atoms with Gasteiger partial charge >= 0.3 is 0 Å². The number of Topliss-reactive ketones (excluding diaryl/α,β-unsaturated/α-hetero) is 1. The van der Waals surface area contributed by atoms with Crippen LogP contribution in [0.5, 0.6) is 0 Å². The Morgan fingerprint density at radius 3 is 2.50 bits per heavy atom. The van der Waals surface area contributed by atoms with Crippen LogP contribution in [0.1, 0.15) is 78.6 Å².